The van der Waals surface area contributed by atoms with Crippen LogP contribution in [0.15, 0.2) is 0 Å². The minimum absolute atomic E-state index is 0.649. The summed E-state index contributed by atoms with van der Waals surface area (Å²) in [5.74, 6) is 3.59. The lowest BCUT2D eigenvalue weighted by Crippen LogP contribution is -2.41. The average molecular weight is 255 g/mol. The first-order chi connectivity index (χ1) is 8.20. The lowest BCUT2D eigenvalue weighted by atomic mass is 9.78. The summed E-state index contributed by atoms with van der Waals surface area (Å²) in [5.41, 5.74) is 0.649. The van der Waals surface area contributed by atoms with Crippen molar-refractivity contribution in [3.63, 3.8) is 0 Å². The molecule has 0 aromatic heterocycles. The molecule has 1 nitrogen and oxygen atoms in total. The predicted molar refractivity (Wildman–Crippen MR) is 78.7 cm³/mol. The standard InChI is InChI=1S/C15H29NS/c1-13(2)10-15(7-3-4-8-15)12-16-14-6-5-9-17-11-14/h13-14,16H,3-12H2,1-2H3. The Labute approximate surface area is 112 Å². The maximum atomic E-state index is 3.89. The summed E-state index contributed by atoms with van der Waals surface area (Å²) in [6, 6.07) is 0.804. The fraction of sp³-hybridized carbons (Fsp3) is 1.00. The maximum absolute atomic E-state index is 3.89. The zero-order valence-corrected chi connectivity index (χ0v) is 12.5. The van der Waals surface area contributed by atoms with Crippen LogP contribution in [0.1, 0.15) is 58.8 Å². The summed E-state index contributed by atoms with van der Waals surface area (Å²) >= 11 is 2.14. The molecule has 1 unspecified atom stereocenters. The molecule has 2 fully saturated rings. The average Bonchev–Trinajstić information content (AvgIpc) is 2.76. The molecule has 1 saturated carbocycles. The van der Waals surface area contributed by atoms with Crippen molar-refractivity contribution in [1.29, 1.82) is 0 Å². The molecule has 1 saturated heterocycles. The Bertz CT molecular complexity index is 215. The monoisotopic (exact) mass is 255 g/mol. The van der Waals surface area contributed by atoms with Gasteiger partial charge in [-0.15, -0.1) is 0 Å². The second kappa shape index (κ2) is 6.47. The molecule has 17 heavy (non-hydrogen) atoms. The van der Waals surface area contributed by atoms with E-state index in [4.69, 9.17) is 0 Å². The van der Waals surface area contributed by atoms with Crippen molar-refractivity contribution in [3.05, 3.63) is 0 Å². The van der Waals surface area contributed by atoms with Crippen molar-refractivity contribution in [3.8, 4) is 0 Å². The van der Waals surface area contributed by atoms with Gasteiger partial charge >= 0.3 is 0 Å². The minimum atomic E-state index is 0.649. The van der Waals surface area contributed by atoms with E-state index in [0.29, 0.717) is 5.41 Å². The minimum Gasteiger partial charge on any atom is -0.313 e. The third-order valence-corrected chi connectivity index (χ3v) is 5.65. The fourth-order valence-corrected chi connectivity index (χ4v) is 4.81. The van der Waals surface area contributed by atoms with E-state index >= 15 is 0 Å². The Hall–Kier alpha value is 0.310. The highest BCUT2D eigenvalue weighted by Crippen LogP contribution is 2.42. The first-order valence-electron chi connectivity index (χ1n) is 7.51. The SMILES string of the molecule is CC(C)CC1(CNC2CCCSC2)CCCC1. The van der Waals surface area contributed by atoms with Crippen LogP contribution in [0, 0.1) is 11.3 Å². The molecule has 0 aromatic rings. The van der Waals surface area contributed by atoms with Crippen LogP contribution in [0.5, 0.6) is 0 Å². The van der Waals surface area contributed by atoms with Crippen molar-refractivity contribution in [1.82, 2.24) is 5.32 Å². The highest BCUT2D eigenvalue weighted by molar-refractivity contribution is 7.99. The molecule has 0 radical (unpaired) electrons. The zero-order valence-electron chi connectivity index (χ0n) is 11.6. The summed E-state index contributed by atoms with van der Waals surface area (Å²) in [6.07, 6.45) is 10.1. The van der Waals surface area contributed by atoms with Gasteiger partial charge in [0.2, 0.25) is 0 Å². The van der Waals surface area contributed by atoms with Crippen LogP contribution in [0.25, 0.3) is 0 Å². The predicted octanol–water partition coefficient (Wildman–Crippen LogP) is 4.08. The summed E-state index contributed by atoms with van der Waals surface area (Å²) < 4.78 is 0. The van der Waals surface area contributed by atoms with Gasteiger partial charge in [-0.1, -0.05) is 26.7 Å². The molecule has 2 rings (SSSR count). The van der Waals surface area contributed by atoms with Crippen molar-refractivity contribution >= 4 is 11.8 Å². The van der Waals surface area contributed by atoms with Crippen molar-refractivity contribution in [2.45, 2.75) is 64.8 Å². The molecule has 0 aromatic carbocycles. The van der Waals surface area contributed by atoms with E-state index in [1.807, 2.05) is 0 Å². The quantitative estimate of drug-likeness (QED) is 0.794. The second-order valence-electron chi connectivity index (χ2n) is 6.60. The molecule has 2 heteroatoms. The van der Waals surface area contributed by atoms with Gasteiger partial charge in [0.15, 0.2) is 0 Å². The number of hydrogen-bond acceptors (Lipinski definition) is 2. The van der Waals surface area contributed by atoms with Crippen molar-refractivity contribution in [2.24, 2.45) is 11.3 Å². The van der Waals surface area contributed by atoms with Gasteiger partial charge in [-0.25, -0.2) is 0 Å². The highest BCUT2D eigenvalue weighted by Gasteiger charge is 2.34. The van der Waals surface area contributed by atoms with Gasteiger partial charge in [0.25, 0.3) is 0 Å². The van der Waals surface area contributed by atoms with E-state index in [1.165, 1.54) is 63.0 Å². The normalized spacial score (nSPS) is 28.8. The largest absolute Gasteiger partial charge is 0.313 e. The van der Waals surface area contributed by atoms with Gasteiger partial charge in [0.05, 0.1) is 0 Å². The van der Waals surface area contributed by atoms with Crippen molar-refractivity contribution < 1.29 is 0 Å². The van der Waals surface area contributed by atoms with E-state index in [9.17, 15) is 0 Å². The van der Waals surface area contributed by atoms with Gasteiger partial charge in [-0.3, -0.25) is 0 Å². The van der Waals surface area contributed by atoms with Crippen LogP contribution in [0.2, 0.25) is 0 Å². The Morgan fingerprint density at radius 2 is 2.00 bits per heavy atom. The third-order valence-electron chi connectivity index (χ3n) is 4.43. The summed E-state index contributed by atoms with van der Waals surface area (Å²) in [7, 11) is 0. The van der Waals surface area contributed by atoms with E-state index < -0.39 is 0 Å². The second-order valence-corrected chi connectivity index (χ2v) is 7.75. The smallest absolute Gasteiger partial charge is 0.0158 e. The lowest BCUT2D eigenvalue weighted by Gasteiger charge is -2.34. The Balaban J connectivity index is 1.80. The number of hydrogen-bond donors (Lipinski definition) is 1. The molecule has 0 spiro atoms. The molecule has 1 atom stereocenters. The molecular weight excluding hydrogens is 226 g/mol. The van der Waals surface area contributed by atoms with Gasteiger partial charge in [-0.2, -0.15) is 11.8 Å². The topological polar surface area (TPSA) is 12.0 Å². The van der Waals surface area contributed by atoms with Crippen LogP contribution >= 0.6 is 11.8 Å². The first-order valence-corrected chi connectivity index (χ1v) is 8.67. The van der Waals surface area contributed by atoms with Gasteiger partial charge in [-0.05, 0) is 49.2 Å². The van der Waals surface area contributed by atoms with Crippen LogP contribution < -0.4 is 5.32 Å². The molecule has 1 N–H and O–H groups in total. The molecular formula is C15H29NS. The molecule has 100 valence electrons. The molecule has 0 bridgehead atoms. The van der Waals surface area contributed by atoms with Gasteiger partial charge in [0, 0.05) is 18.3 Å². The molecule has 1 heterocycles. The van der Waals surface area contributed by atoms with E-state index in [2.05, 4.69) is 30.9 Å². The Morgan fingerprint density at radius 3 is 2.59 bits per heavy atom. The number of rotatable bonds is 5. The Morgan fingerprint density at radius 1 is 1.24 bits per heavy atom. The molecule has 2 aliphatic rings. The summed E-state index contributed by atoms with van der Waals surface area (Å²) in [5, 5.41) is 3.89. The maximum Gasteiger partial charge on any atom is 0.0158 e. The van der Waals surface area contributed by atoms with E-state index in [0.717, 1.165) is 12.0 Å². The summed E-state index contributed by atoms with van der Waals surface area (Å²) in [6.45, 7) is 6.06. The van der Waals surface area contributed by atoms with Crippen LogP contribution in [0.3, 0.4) is 0 Å². The molecule has 1 aliphatic carbocycles. The molecule has 1 aliphatic heterocycles. The molecule has 0 amide bonds. The van der Waals surface area contributed by atoms with Crippen molar-refractivity contribution in [2.75, 3.05) is 18.1 Å². The summed E-state index contributed by atoms with van der Waals surface area (Å²) in [4.78, 5) is 0. The number of nitrogens with one attached hydrogen (secondary N) is 1. The lowest BCUT2D eigenvalue weighted by molar-refractivity contribution is 0.215. The van der Waals surface area contributed by atoms with Gasteiger partial charge in [0.1, 0.15) is 0 Å². The fourth-order valence-electron chi connectivity index (χ4n) is 3.71. The third kappa shape index (κ3) is 4.17. The highest BCUT2D eigenvalue weighted by atomic mass is 32.2. The first kappa shape index (κ1) is 13.7. The zero-order chi connectivity index (χ0) is 12.1. The van der Waals surface area contributed by atoms with Crippen LogP contribution in [-0.2, 0) is 0 Å². The van der Waals surface area contributed by atoms with Crippen LogP contribution in [-0.4, -0.2) is 24.1 Å². The van der Waals surface area contributed by atoms with E-state index in [1.54, 1.807) is 0 Å². The number of thioether (sulfide) groups is 1. The van der Waals surface area contributed by atoms with Crippen LogP contribution in [0.4, 0.5) is 0 Å². The Kier molecular flexibility index (Phi) is 5.23. The van der Waals surface area contributed by atoms with Gasteiger partial charge < -0.3 is 5.32 Å². The van der Waals surface area contributed by atoms with E-state index in [-0.39, 0.29) is 0 Å².